The Balaban J connectivity index is 1.91. The molecule has 0 fully saturated rings. The molecular formula is C19H25N2O+. The Bertz CT molecular complexity index is 608. The number of rotatable bonds is 6. The smallest absolute Gasteiger partial charge is 0.279 e. The summed E-state index contributed by atoms with van der Waals surface area (Å²) < 4.78 is 0. The first-order chi connectivity index (χ1) is 10.6. The van der Waals surface area contributed by atoms with Gasteiger partial charge >= 0.3 is 0 Å². The molecule has 0 spiro atoms. The van der Waals surface area contributed by atoms with Crippen LogP contribution in [-0.4, -0.2) is 12.5 Å². The molecule has 0 saturated carbocycles. The Labute approximate surface area is 132 Å². The second kappa shape index (κ2) is 7.76. The van der Waals surface area contributed by atoms with Crippen LogP contribution in [0.4, 0.5) is 5.69 Å². The fourth-order valence-electron chi connectivity index (χ4n) is 2.49. The average molecular weight is 297 g/mol. The molecule has 2 rings (SSSR count). The summed E-state index contributed by atoms with van der Waals surface area (Å²) in [6, 6.07) is 18.5. The molecule has 2 aromatic rings. The molecule has 0 unspecified atom stereocenters. The van der Waals surface area contributed by atoms with Crippen LogP contribution < -0.4 is 10.6 Å². The standard InChI is InChI=1S/C19H24N2O/c1-14(2)17-11-7-8-12-18(17)21-19(22)13-20-15(3)16-9-5-4-6-10-16/h4-12,14-15,20H,13H2,1-3H3,(H,21,22)/p+1/t15-/m1/s1. The van der Waals surface area contributed by atoms with Crippen LogP contribution in [0.3, 0.4) is 0 Å². The molecule has 0 aliphatic rings. The normalized spacial score (nSPS) is 12.2. The zero-order chi connectivity index (χ0) is 15.9. The van der Waals surface area contributed by atoms with E-state index in [1.165, 1.54) is 11.1 Å². The number of hydrogen-bond donors (Lipinski definition) is 2. The van der Waals surface area contributed by atoms with Crippen molar-refractivity contribution in [2.45, 2.75) is 32.7 Å². The summed E-state index contributed by atoms with van der Waals surface area (Å²) in [5, 5.41) is 5.09. The molecule has 0 aliphatic heterocycles. The van der Waals surface area contributed by atoms with E-state index in [2.05, 4.69) is 49.6 Å². The van der Waals surface area contributed by atoms with Gasteiger partial charge in [0, 0.05) is 11.3 Å². The lowest BCUT2D eigenvalue weighted by atomic mass is 10.0. The molecule has 0 aliphatic carbocycles. The number of quaternary nitrogens is 1. The minimum Gasteiger partial charge on any atom is -0.333 e. The number of nitrogens with one attached hydrogen (secondary N) is 1. The summed E-state index contributed by atoms with van der Waals surface area (Å²) in [7, 11) is 0. The number of carbonyl (C=O) groups excluding carboxylic acids is 1. The molecule has 116 valence electrons. The topological polar surface area (TPSA) is 45.7 Å². The average Bonchev–Trinajstić information content (AvgIpc) is 2.53. The van der Waals surface area contributed by atoms with E-state index in [1.807, 2.05) is 36.4 Å². The van der Waals surface area contributed by atoms with E-state index in [0.29, 0.717) is 12.5 Å². The van der Waals surface area contributed by atoms with Crippen molar-refractivity contribution in [2.24, 2.45) is 0 Å². The van der Waals surface area contributed by atoms with Crippen molar-refractivity contribution in [1.82, 2.24) is 0 Å². The molecule has 0 radical (unpaired) electrons. The van der Waals surface area contributed by atoms with E-state index in [9.17, 15) is 4.79 Å². The minimum atomic E-state index is 0.0379. The highest BCUT2D eigenvalue weighted by Gasteiger charge is 2.13. The predicted molar refractivity (Wildman–Crippen MR) is 90.8 cm³/mol. The fourth-order valence-corrected chi connectivity index (χ4v) is 2.49. The number of benzene rings is 2. The fraction of sp³-hybridized carbons (Fsp3) is 0.316. The van der Waals surface area contributed by atoms with Gasteiger partial charge in [-0.1, -0.05) is 62.4 Å². The van der Waals surface area contributed by atoms with Crippen LogP contribution in [0.5, 0.6) is 0 Å². The molecule has 3 N–H and O–H groups in total. The Hall–Kier alpha value is -2.13. The van der Waals surface area contributed by atoms with Crippen LogP contribution in [0.1, 0.15) is 43.9 Å². The first-order valence-electron chi connectivity index (χ1n) is 7.85. The highest BCUT2D eigenvalue weighted by molar-refractivity contribution is 5.92. The Morgan fingerprint density at radius 2 is 1.64 bits per heavy atom. The number of carbonyl (C=O) groups is 1. The zero-order valence-electron chi connectivity index (χ0n) is 13.5. The van der Waals surface area contributed by atoms with E-state index >= 15 is 0 Å². The second-order valence-corrected chi connectivity index (χ2v) is 5.93. The predicted octanol–water partition coefficient (Wildman–Crippen LogP) is 3.07. The lowest BCUT2D eigenvalue weighted by Gasteiger charge is -2.14. The van der Waals surface area contributed by atoms with Crippen LogP contribution >= 0.6 is 0 Å². The Morgan fingerprint density at radius 1 is 1.00 bits per heavy atom. The van der Waals surface area contributed by atoms with Crippen LogP contribution in [0, 0.1) is 0 Å². The number of nitrogens with two attached hydrogens (primary N) is 1. The van der Waals surface area contributed by atoms with Gasteiger partial charge in [-0.05, 0) is 24.5 Å². The summed E-state index contributed by atoms with van der Waals surface area (Å²) in [6.45, 7) is 6.80. The van der Waals surface area contributed by atoms with E-state index in [-0.39, 0.29) is 11.9 Å². The summed E-state index contributed by atoms with van der Waals surface area (Å²) >= 11 is 0. The van der Waals surface area contributed by atoms with Crippen molar-refractivity contribution in [3.63, 3.8) is 0 Å². The lowest BCUT2D eigenvalue weighted by molar-refractivity contribution is -0.682. The summed E-state index contributed by atoms with van der Waals surface area (Å²) in [5.74, 6) is 0.430. The van der Waals surface area contributed by atoms with Crippen LogP contribution in [0.2, 0.25) is 0 Å². The molecule has 3 heteroatoms. The van der Waals surface area contributed by atoms with Crippen molar-refractivity contribution in [3.8, 4) is 0 Å². The number of anilines is 1. The largest absolute Gasteiger partial charge is 0.333 e. The summed E-state index contributed by atoms with van der Waals surface area (Å²) in [4.78, 5) is 12.2. The van der Waals surface area contributed by atoms with E-state index < -0.39 is 0 Å². The van der Waals surface area contributed by atoms with Crippen molar-refractivity contribution in [3.05, 3.63) is 65.7 Å². The minimum absolute atomic E-state index is 0.0379. The van der Waals surface area contributed by atoms with Crippen molar-refractivity contribution >= 4 is 11.6 Å². The Morgan fingerprint density at radius 3 is 2.32 bits per heavy atom. The third-order valence-corrected chi connectivity index (χ3v) is 3.84. The van der Waals surface area contributed by atoms with Gasteiger partial charge < -0.3 is 10.6 Å². The number of amides is 1. The van der Waals surface area contributed by atoms with Gasteiger partial charge in [-0.2, -0.15) is 0 Å². The van der Waals surface area contributed by atoms with Crippen molar-refractivity contribution in [2.75, 3.05) is 11.9 Å². The summed E-state index contributed by atoms with van der Waals surface area (Å²) in [5.41, 5.74) is 3.33. The third-order valence-electron chi connectivity index (χ3n) is 3.84. The van der Waals surface area contributed by atoms with Gasteiger partial charge in [-0.3, -0.25) is 4.79 Å². The van der Waals surface area contributed by atoms with Crippen LogP contribution in [-0.2, 0) is 4.79 Å². The second-order valence-electron chi connectivity index (χ2n) is 5.93. The molecule has 1 atom stereocenters. The highest BCUT2D eigenvalue weighted by atomic mass is 16.1. The SMILES string of the molecule is CC(C)c1ccccc1NC(=O)C[NH2+][C@H](C)c1ccccc1. The molecule has 0 saturated heterocycles. The number of hydrogen-bond acceptors (Lipinski definition) is 1. The monoisotopic (exact) mass is 297 g/mol. The lowest BCUT2D eigenvalue weighted by Crippen LogP contribution is -2.86. The van der Waals surface area contributed by atoms with Crippen molar-refractivity contribution < 1.29 is 10.1 Å². The van der Waals surface area contributed by atoms with Gasteiger partial charge in [0.15, 0.2) is 6.54 Å². The molecule has 0 heterocycles. The highest BCUT2D eigenvalue weighted by Crippen LogP contribution is 2.23. The first-order valence-corrected chi connectivity index (χ1v) is 7.85. The molecule has 2 aromatic carbocycles. The Kier molecular flexibility index (Phi) is 5.73. The van der Waals surface area contributed by atoms with E-state index in [4.69, 9.17) is 0 Å². The van der Waals surface area contributed by atoms with Gasteiger partial charge in [-0.25, -0.2) is 0 Å². The molecule has 1 amide bonds. The first kappa shape index (κ1) is 16.2. The van der Waals surface area contributed by atoms with Crippen LogP contribution in [0.25, 0.3) is 0 Å². The maximum absolute atomic E-state index is 12.2. The maximum Gasteiger partial charge on any atom is 0.279 e. The molecule has 22 heavy (non-hydrogen) atoms. The third kappa shape index (κ3) is 4.43. The van der Waals surface area contributed by atoms with Crippen molar-refractivity contribution in [1.29, 1.82) is 0 Å². The van der Waals surface area contributed by atoms with Gasteiger partial charge in [-0.15, -0.1) is 0 Å². The van der Waals surface area contributed by atoms with Gasteiger partial charge in [0.05, 0.1) is 0 Å². The van der Waals surface area contributed by atoms with E-state index in [1.54, 1.807) is 0 Å². The van der Waals surface area contributed by atoms with Gasteiger partial charge in [0.2, 0.25) is 0 Å². The quantitative estimate of drug-likeness (QED) is 0.845. The molecule has 3 nitrogen and oxygen atoms in total. The van der Waals surface area contributed by atoms with E-state index in [0.717, 1.165) is 5.69 Å². The van der Waals surface area contributed by atoms with Gasteiger partial charge in [0.1, 0.15) is 6.04 Å². The number of para-hydroxylation sites is 1. The zero-order valence-corrected chi connectivity index (χ0v) is 13.5. The van der Waals surface area contributed by atoms with Crippen LogP contribution in [0.15, 0.2) is 54.6 Å². The molecule has 0 bridgehead atoms. The maximum atomic E-state index is 12.2. The summed E-state index contributed by atoms with van der Waals surface area (Å²) in [6.07, 6.45) is 0. The molecular weight excluding hydrogens is 272 g/mol. The van der Waals surface area contributed by atoms with Gasteiger partial charge in [0.25, 0.3) is 5.91 Å². The molecule has 0 aromatic heterocycles.